The summed E-state index contributed by atoms with van der Waals surface area (Å²) in [5.41, 5.74) is -0.302. The summed E-state index contributed by atoms with van der Waals surface area (Å²) in [4.78, 5) is 20.2. The number of aromatic nitrogens is 2. The van der Waals surface area contributed by atoms with Crippen LogP contribution in [0.2, 0.25) is 5.02 Å². The minimum atomic E-state index is -0.302. The molecule has 1 saturated carbocycles. The molecule has 1 aliphatic rings. The second-order valence-corrected chi connectivity index (χ2v) is 5.82. The molecule has 20 heavy (non-hydrogen) atoms. The Hall–Kier alpha value is -1.07. The molecule has 0 aliphatic heterocycles. The average Bonchev–Trinajstić information content (AvgIpc) is 2.48. The van der Waals surface area contributed by atoms with Gasteiger partial charge in [-0.3, -0.25) is 4.79 Å². The summed E-state index contributed by atoms with van der Waals surface area (Å²) in [6, 6.07) is 0.741. The van der Waals surface area contributed by atoms with Gasteiger partial charge >= 0.3 is 0 Å². The van der Waals surface area contributed by atoms with Crippen molar-refractivity contribution in [2.24, 2.45) is 0 Å². The van der Waals surface area contributed by atoms with Crippen molar-refractivity contribution in [1.82, 2.24) is 14.9 Å². The van der Waals surface area contributed by atoms with Crippen LogP contribution in [0.5, 0.6) is 0 Å². The summed E-state index contributed by atoms with van der Waals surface area (Å²) in [5.74, 6) is 0.468. The Balaban J connectivity index is 1.70. The largest absolute Gasteiger partial charge is 0.369 e. The van der Waals surface area contributed by atoms with E-state index in [0.29, 0.717) is 5.82 Å². The smallest absolute Gasteiger partial charge is 0.271 e. The minimum Gasteiger partial charge on any atom is -0.369 e. The maximum atomic E-state index is 11.3. The number of hydrogen-bond donors (Lipinski definition) is 2. The van der Waals surface area contributed by atoms with Crippen molar-refractivity contribution in [2.75, 3.05) is 25.5 Å². The first-order valence-electron chi connectivity index (χ1n) is 7.36. The molecular formula is C14H23ClN4O. The zero-order chi connectivity index (χ0) is 14.4. The van der Waals surface area contributed by atoms with Crippen LogP contribution in [0, 0.1) is 0 Å². The van der Waals surface area contributed by atoms with Gasteiger partial charge in [0.05, 0.1) is 6.33 Å². The summed E-state index contributed by atoms with van der Waals surface area (Å²) < 4.78 is 0. The van der Waals surface area contributed by atoms with E-state index in [1.54, 1.807) is 0 Å². The molecule has 0 bridgehead atoms. The Bertz CT molecular complexity index is 470. The highest BCUT2D eigenvalue weighted by atomic mass is 35.5. The zero-order valence-corrected chi connectivity index (χ0v) is 12.7. The van der Waals surface area contributed by atoms with E-state index in [0.717, 1.165) is 25.6 Å². The monoisotopic (exact) mass is 298 g/mol. The lowest BCUT2D eigenvalue weighted by Gasteiger charge is -2.31. The number of halogens is 1. The van der Waals surface area contributed by atoms with E-state index >= 15 is 0 Å². The molecule has 1 aromatic heterocycles. The highest BCUT2D eigenvalue weighted by Gasteiger charge is 2.17. The molecule has 0 saturated heterocycles. The predicted octanol–water partition coefficient (Wildman–Crippen LogP) is 2.49. The molecule has 0 radical (unpaired) electrons. The highest BCUT2D eigenvalue weighted by Crippen LogP contribution is 2.21. The van der Waals surface area contributed by atoms with Gasteiger partial charge in [0, 0.05) is 12.6 Å². The van der Waals surface area contributed by atoms with Crippen molar-refractivity contribution in [3.05, 3.63) is 21.7 Å². The lowest BCUT2D eigenvalue weighted by Crippen LogP contribution is -2.34. The van der Waals surface area contributed by atoms with Gasteiger partial charge in [-0.2, -0.15) is 0 Å². The van der Waals surface area contributed by atoms with E-state index in [2.05, 4.69) is 27.2 Å². The number of nitrogens with zero attached hydrogens (tertiary/aromatic N) is 2. The third-order valence-corrected chi connectivity index (χ3v) is 4.33. The molecule has 1 fully saturated rings. The average molecular weight is 299 g/mol. The number of aromatic amines is 1. The number of rotatable bonds is 6. The second kappa shape index (κ2) is 7.64. The normalized spacial score (nSPS) is 16.6. The van der Waals surface area contributed by atoms with Gasteiger partial charge in [0.2, 0.25) is 0 Å². The number of H-pyrrole nitrogens is 1. The molecule has 6 heteroatoms. The number of anilines is 1. The van der Waals surface area contributed by atoms with Gasteiger partial charge in [0.1, 0.15) is 5.02 Å². The van der Waals surface area contributed by atoms with E-state index in [-0.39, 0.29) is 10.6 Å². The second-order valence-electron chi connectivity index (χ2n) is 5.45. The van der Waals surface area contributed by atoms with Gasteiger partial charge in [-0.25, -0.2) is 4.98 Å². The van der Waals surface area contributed by atoms with Gasteiger partial charge in [0.25, 0.3) is 5.56 Å². The first kappa shape index (κ1) is 15.3. The molecule has 1 aliphatic carbocycles. The summed E-state index contributed by atoms with van der Waals surface area (Å²) in [5, 5.41) is 3.25. The van der Waals surface area contributed by atoms with E-state index in [1.807, 2.05) is 0 Å². The van der Waals surface area contributed by atoms with Crippen molar-refractivity contribution in [1.29, 1.82) is 0 Å². The predicted molar refractivity (Wildman–Crippen MR) is 82.5 cm³/mol. The SMILES string of the molecule is CN(CCCNc1nc[nH]c(=O)c1Cl)C1CCCCC1. The van der Waals surface area contributed by atoms with Crippen molar-refractivity contribution in [2.45, 2.75) is 44.6 Å². The van der Waals surface area contributed by atoms with E-state index in [9.17, 15) is 4.79 Å². The summed E-state index contributed by atoms with van der Waals surface area (Å²) in [6.45, 7) is 1.83. The van der Waals surface area contributed by atoms with Gasteiger partial charge in [0.15, 0.2) is 5.82 Å². The van der Waals surface area contributed by atoms with Crippen LogP contribution in [0.1, 0.15) is 38.5 Å². The van der Waals surface area contributed by atoms with Crippen LogP contribution < -0.4 is 10.9 Å². The summed E-state index contributed by atoms with van der Waals surface area (Å²) in [6.07, 6.45) is 9.14. The van der Waals surface area contributed by atoms with Crippen LogP contribution >= 0.6 is 11.6 Å². The van der Waals surface area contributed by atoms with Crippen LogP contribution in [0.4, 0.5) is 5.82 Å². The van der Waals surface area contributed by atoms with Crippen LogP contribution in [0.3, 0.4) is 0 Å². The Morgan fingerprint density at radius 2 is 2.20 bits per heavy atom. The summed E-state index contributed by atoms with van der Waals surface area (Å²) in [7, 11) is 2.20. The Labute approximate surface area is 124 Å². The van der Waals surface area contributed by atoms with E-state index < -0.39 is 0 Å². The molecule has 5 nitrogen and oxygen atoms in total. The van der Waals surface area contributed by atoms with Gasteiger partial charge in [-0.1, -0.05) is 30.9 Å². The number of hydrogen-bond acceptors (Lipinski definition) is 4. The summed E-state index contributed by atoms with van der Waals surface area (Å²) >= 11 is 5.88. The molecule has 0 unspecified atom stereocenters. The van der Waals surface area contributed by atoms with E-state index in [1.165, 1.54) is 38.4 Å². The topological polar surface area (TPSA) is 61.0 Å². The molecular weight excluding hydrogens is 276 g/mol. The van der Waals surface area contributed by atoms with Crippen LogP contribution in [0.15, 0.2) is 11.1 Å². The van der Waals surface area contributed by atoms with Crippen LogP contribution in [-0.2, 0) is 0 Å². The third-order valence-electron chi connectivity index (χ3n) is 3.97. The van der Waals surface area contributed by atoms with Crippen LogP contribution in [0.25, 0.3) is 0 Å². The molecule has 2 N–H and O–H groups in total. The molecule has 0 spiro atoms. The molecule has 1 aromatic rings. The van der Waals surface area contributed by atoms with E-state index in [4.69, 9.17) is 11.6 Å². The fraction of sp³-hybridized carbons (Fsp3) is 0.714. The Kier molecular flexibility index (Phi) is 5.86. The zero-order valence-electron chi connectivity index (χ0n) is 12.0. The standard InChI is InChI=1S/C14H23ClN4O/c1-19(11-6-3-2-4-7-11)9-5-8-16-13-12(15)14(20)18-10-17-13/h10-11H,2-9H2,1H3,(H2,16,17,18,20). The maximum absolute atomic E-state index is 11.3. The molecule has 0 amide bonds. The molecule has 0 atom stereocenters. The lowest BCUT2D eigenvalue weighted by molar-refractivity contribution is 0.191. The van der Waals surface area contributed by atoms with Crippen LogP contribution in [-0.4, -0.2) is 41.0 Å². The molecule has 112 valence electrons. The van der Waals surface area contributed by atoms with Crippen molar-refractivity contribution < 1.29 is 0 Å². The minimum absolute atomic E-state index is 0.133. The Morgan fingerprint density at radius 3 is 2.95 bits per heavy atom. The first-order chi connectivity index (χ1) is 9.68. The van der Waals surface area contributed by atoms with Crippen molar-refractivity contribution >= 4 is 17.4 Å². The van der Waals surface area contributed by atoms with Gasteiger partial charge in [-0.05, 0) is 32.9 Å². The van der Waals surface area contributed by atoms with Crippen molar-refractivity contribution in [3.63, 3.8) is 0 Å². The Morgan fingerprint density at radius 1 is 1.45 bits per heavy atom. The number of nitrogens with one attached hydrogen (secondary N) is 2. The fourth-order valence-corrected chi connectivity index (χ4v) is 2.92. The lowest BCUT2D eigenvalue weighted by atomic mass is 9.94. The quantitative estimate of drug-likeness (QED) is 0.792. The van der Waals surface area contributed by atoms with Gasteiger partial charge < -0.3 is 15.2 Å². The first-order valence-corrected chi connectivity index (χ1v) is 7.73. The molecule has 2 rings (SSSR count). The highest BCUT2D eigenvalue weighted by molar-refractivity contribution is 6.32. The maximum Gasteiger partial charge on any atom is 0.271 e. The molecule has 0 aromatic carbocycles. The van der Waals surface area contributed by atoms with Crippen molar-refractivity contribution in [3.8, 4) is 0 Å². The van der Waals surface area contributed by atoms with Gasteiger partial charge in [-0.15, -0.1) is 0 Å². The molecule has 1 heterocycles. The fourth-order valence-electron chi connectivity index (χ4n) is 2.75. The third kappa shape index (κ3) is 4.21.